The van der Waals surface area contributed by atoms with Gasteiger partial charge in [0, 0.05) is 13.0 Å². The largest absolute Gasteiger partial charge is 0.405 e. The molecule has 1 aromatic rings. The van der Waals surface area contributed by atoms with Gasteiger partial charge in [-0.15, -0.1) is 0 Å². The molecule has 0 aliphatic carbocycles. The molecule has 0 unspecified atom stereocenters. The van der Waals surface area contributed by atoms with E-state index in [-0.39, 0.29) is 25.3 Å². The molecule has 128 valence electrons. The van der Waals surface area contributed by atoms with E-state index >= 15 is 0 Å². The van der Waals surface area contributed by atoms with Gasteiger partial charge in [-0.3, -0.25) is 10.2 Å². The average molecular weight is 328 g/mol. The first-order valence-electron chi connectivity index (χ1n) is 8.11. The van der Waals surface area contributed by atoms with Crippen LogP contribution in [0.3, 0.4) is 0 Å². The van der Waals surface area contributed by atoms with E-state index < -0.39 is 12.2 Å². The monoisotopic (exact) mass is 328 g/mol. The van der Waals surface area contributed by atoms with E-state index in [0.29, 0.717) is 12.8 Å². The first-order chi connectivity index (χ1) is 10.9. The summed E-state index contributed by atoms with van der Waals surface area (Å²) in [7, 11) is 0. The minimum atomic E-state index is -4.32. The predicted molar refractivity (Wildman–Crippen MR) is 82.7 cm³/mol. The maximum atomic E-state index is 13.2. The van der Waals surface area contributed by atoms with Crippen LogP contribution in [-0.4, -0.2) is 29.7 Å². The van der Waals surface area contributed by atoms with E-state index in [1.807, 2.05) is 12.1 Å². The van der Waals surface area contributed by atoms with Crippen molar-refractivity contribution in [3.8, 4) is 0 Å². The topological polar surface area (TPSA) is 32.3 Å². The molecular formula is C17H23F3N2O. The van der Waals surface area contributed by atoms with Gasteiger partial charge in [-0.25, -0.2) is 5.01 Å². The Hall–Kier alpha value is -1.56. The summed E-state index contributed by atoms with van der Waals surface area (Å²) in [5, 5.41) is 1.04. The highest BCUT2D eigenvalue weighted by Gasteiger charge is 2.45. The Morgan fingerprint density at radius 2 is 2.00 bits per heavy atom. The molecule has 1 aliphatic rings. The highest BCUT2D eigenvalue weighted by Crippen LogP contribution is 2.29. The fourth-order valence-electron chi connectivity index (χ4n) is 2.90. The zero-order valence-corrected chi connectivity index (χ0v) is 13.3. The summed E-state index contributed by atoms with van der Waals surface area (Å²) in [6.45, 7) is 2.21. The molecule has 0 saturated carbocycles. The highest BCUT2D eigenvalue weighted by atomic mass is 19.4. The summed E-state index contributed by atoms with van der Waals surface area (Å²) in [6, 6.07) is 6.59. The van der Waals surface area contributed by atoms with Crippen LogP contribution in [0.1, 0.15) is 43.7 Å². The van der Waals surface area contributed by atoms with Crippen LogP contribution in [0.4, 0.5) is 13.2 Å². The number of carbonyl (C=O) groups excluding carboxylic acids is 1. The predicted octanol–water partition coefficient (Wildman–Crippen LogP) is 3.63. The molecule has 1 aliphatic heterocycles. The van der Waals surface area contributed by atoms with Gasteiger partial charge in [0.2, 0.25) is 5.91 Å². The minimum Gasteiger partial charge on any atom is -0.288 e. The van der Waals surface area contributed by atoms with E-state index in [0.717, 1.165) is 17.9 Å². The number of amides is 1. The van der Waals surface area contributed by atoms with Crippen LogP contribution >= 0.6 is 0 Å². The first-order valence-corrected chi connectivity index (χ1v) is 8.11. The third-order valence-electron chi connectivity index (χ3n) is 4.19. The maximum Gasteiger partial charge on any atom is 0.405 e. The molecule has 1 atom stereocenters. The third kappa shape index (κ3) is 5.23. The normalized spacial score (nSPS) is 17.3. The van der Waals surface area contributed by atoms with Crippen molar-refractivity contribution >= 4 is 5.91 Å². The van der Waals surface area contributed by atoms with Crippen LogP contribution in [-0.2, 0) is 17.6 Å². The Labute approximate surface area is 134 Å². The van der Waals surface area contributed by atoms with Gasteiger partial charge in [0.05, 0.1) is 0 Å². The smallest absolute Gasteiger partial charge is 0.288 e. The van der Waals surface area contributed by atoms with Crippen LogP contribution in [0, 0.1) is 0 Å². The van der Waals surface area contributed by atoms with Gasteiger partial charge in [-0.05, 0) is 36.8 Å². The van der Waals surface area contributed by atoms with Crippen molar-refractivity contribution in [2.75, 3.05) is 6.54 Å². The van der Waals surface area contributed by atoms with Crippen LogP contribution in [0.5, 0.6) is 0 Å². The number of carbonyl (C=O) groups is 1. The molecule has 23 heavy (non-hydrogen) atoms. The number of hydrogen-bond donors (Lipinski definition) is 1. The lowest BCUT2D eigenvalue weighted by atomic mass is 10.0. The molecule has 2 rings (SSSR count). The Balaban J connectivity index is 1.83. The molecule has 6 heteroatoms. The number of aryl methyl sites for hydroxylation is 2. The lowest BCUT2D eigenvalue weighted by molar-refractivity contribution is -0.190. The van der Waals surface area contributed by atoms with Crippen molar-refractivity contribution in [2.45, 2.75) is 57.7 Å². The molecule has 1 heterocycles. The maximum absolute atomic E-state index is 13.2. The number of hydrogen-bond acceptors (Lipinski definition) is 2. The van der Waals surface area contributed by atoms with Gasteiger partial charge in [0.15, 0.2) is 0 Å². The van der Waals surface area contributed by atoms with Crippen molar-refractivity contribution in [1.29, 1.82) is 0 Å². The van der Waals surface area contributed by atoms with Crippen molar-refractivity contribution in [1.82, 2.24) is 10.4 Å². The van der Waals surface area contributed by atoms with E-state index in [1.165, 1.54) is 11.1 Å². The van der Waals surface area contributed by atoms with E-state index in [9.17, 15) is 18.0 Å². The Morgan fingerprint density at radius 3 is 2.61 bits per heavy atom. The van der Waals surface area contributed by atoms with Crippen molar-refractivity contribution < 1.29 is 18.0 Å². The fraction of sp³-hybridized carbons (Fsp3) is 0.588. The van der Waals surface area contributed by atoms with Crippen molar-refractivity contribution in [3.05, 3.63) is 35.4 Å². The number of unbranched alkanes of at least 4 members (excludes halogenated alkanes) is 1. The fourth-order valence-corrected chi connectivity index (χ4v) is 2.90. The minimum absolute atomic E-state index is 0.0112. The number of hydrazine groups is 1. The molecule has 1 fully saturated rings. The second kappa shape index (κ2) is 7.81. The number of rotatable bonds is 7. The standard InChI is InChI=1S/C17H23F3N2O/c1-2-13-7-5-8-14(12-13)6-3-4-9-15(17(18,19)20)22-11-10-16(23)21-22/h5,7-8,12,15H,2-4,6,9-11H2,1H3,(H,21,23)/t15-/m0/s1. The van der Waals surface area contributed by atoms with Gasteiger partial charge in [-0.1, -0.05) is 37.6 Å². The molecule has 0 aromatic heterocycles. The molecule has 1 aromatic carbocycles. The van der Waals surface area contributed by atoms with Crippen molar-refractivity contribution in [3.63, 3.8) is 0 Å². The Morgan fingerprint density at radius 1 is 1.26 bits per heavy atom. The summed E-state index contributed by atoms with van der Waals surface area (Å²) in [5.74, 6) is -0.337. The first kappa shape index (κ1) is 17.8. The highest BCUT2D eigenvalue weighted by molar-refractivity contribution is 5.77. The van der Waals surface area contributed by atoms with Gasteiger partial charge in [-0.2, -0.15) is 13.2 Å². The molecule has 0 spiro atoms. The molecule has 1 amide bonds. The molecule has 0 radical (unpaired) electrons. The zero-order valence-electron chi connectivity index (χ0n) is 13.3. The summed E-state index contributed by atoms with van der Waals surface area (Å²) in [4.78, 5) is 11.1. The SMILES string of the molecule is CCc1cccc(CCCC[C@H](N2CCC(=O)N2)C(F)(F)F)c1. The van der Waals surface area contributed by atoms with Crippen LogP contribution in [0.15, 0.2) is 24.3 Å². The number of alkyl halides is 3. The molecule has 3 nitrogen and oxygen atoms in total. The quantitative estimate of drug-likeness (QED) is 0.775. The van der Waals surface area contributed by atoms with Crippen LogP contribution in [0.25, 0.3) is 0 Å². The Kier molecular flexibility index (Phi) is 6.04. The average Bonchev–Trinajstić information content (AvgIpc) is 2.92. The molecule has 0 bridgehead atoms. The van der Waals surface area contributed by atoms with Gasteiger partial charge in [0.1, 0.15) is 6.04 Å². The zero-order chi connectivity index (χ0) is 16.9. The number of halogens is 3. The summed E-state index contributed by atoms with van der Waals surface area (Å²) in [6.07, 6.45) is -1.24. The molecule has 1 N–H and O–H groups in total. The lowest BCUT2D eigenvalue weighted by Crippen LogP contribution is -2.49. The Bertz CT molecular complexity index is 531. The van der Waals surface area contributed by atoms with E-state index in [4.69, 9.17) is 0 Å². The van der Waals surface area contributed by atoms with Crippen molar-refractivity contribution in [2.24, 2.45) is 0 Å². The lowest BCUT2D eigenvalue weighted by Gasteiger charge is -2.28. The van der Waals surface area contributed by atoms with Gasteiger partial charge < -0.3 is 0 Å². The van der Waals surface area contributed by atoms with Crippen LogP contribution < -0.4 is 5.43 Å². The summed E-state index contributed by atoms with van der Waals surface area (Å²) < 4.78 is 39.5. The van der Waals surface area contributed by atoms with Crippen LogP contribution in [0.2, 0.25) is 0 Å². The second-order valence-electron chi connectivity index (χ2n) is 5.96. The molecular weight excluding hydrogens is 305 g/mol. The third-order valence-corrected chi connectivity index (χ3v) is 4.19. The summed E-state index contributed by atoms with van der Waals surface area (Å²) in [5.41, 5.74) is 4.72. The summed E-state index contributed by atoms with van der Waals surface area (Å²) >= 11 is 0. The van der Waals surface area contributed by atoms with Gasteiger partial charge in [0.25, 0.3) is 0 Å². The van der Waals surface area contributed by atoms with Gasteiger partial charge >= 0.3 is 6.18 Å². The number of nitrogens with zero attached hydrogens (tertiary/aromatic N) is 1. The molecule has 1 saturated heterocycles. The second-order valence-corrected chi connectivity index (χ2v) is 5.96. The van der Waals surface area contributed by atoms with E-state index in [1.54, 1.807) is 0 Å². The number of nitrogens with one attached hydrogen (secondary N) is 1. The van der Waals surface area contributed by atoms with E-state index in [2.05, 4.69) is 24.5 Å². The number of benzene rings is 1.